The fraction of sp³-hybridized carbons (Fsp3) is 0.0769. The first kappa shape index (κ1) is 12.1. The van der Waals surface area contributed by atoms with Gasteiger partial charge in [0.1, 0.15) is 0 Å². The van der Waals surface area contributed by atoms with E-state index >= 15 is 0 Å². The molecule has 0 bridgehead atoms. The molecule has 4 heteroatoms. The maximum Gasteiger partial charge on any atom is 0.0421 e. The zero-order valence-electron chi connectivity index (χ0n) is 9.08. The minimum Gasteiger partial charge on any atom is -0.398 e. The highest BCUT2D eigenvalue weighted by atomic mass is 35.5. The third kappa shape index (κ3) is 3.29. The molecule has 2 rings (SSSR count). The quantitative estimate of drug-likeness (QED) is 0.818. The lowest BCUT2D eigenvalue weighted by Gasteiger charge is -2.09. The largest absolute Gasteiger partial charge is 0.398 e. The fourth-order valence-corrected chi connectivity index (χ4v) is 1.81. The van der Waals surface area contributed by atoms with E-state index in [-0.39, 0.29) is 0 Å². The number of rotatable bonds is 3. The summed E-state index contributed by atoms with van der Waals surface area (Å²) in [7, 11) is 0. The van der Waals surface area contributed by atoms with Crippen LogP contribution in [0.3, 0.4) is 0 Å². The van der Waals surface area contributed by atoms with Crippen molar-refractivity contribution in [3.05, 3.63) is 58.1 Å². The van der Waals surface area contributed by atoms with Crippen molar-refractivity contribution in [2.75, 3.05) is 11.1 Å². The van der Waals surface area contributed by atoms with Crippen LogP contribution in [0.1, 0.15) is 5.56 Å². The van der Waals surface area contributed by atoms with Crippen LogP contribution in [0.2, 0.25) is 10.0 Å². The van der Waals surface area contributed by atoms with Crippen molar-refractivity contribution in [1.82, 2.24) is 0 Å². The summed E-state index contributed by atoms with van der Waals surface area (Å²) in [4.78, 5) is 0. The smallest absolute Gasteiger partial charge is 0.0421 e. The molecule has 0 aromatic heterocycles. The summed E-state index contributed by atoms with van der Waals surface area (Å²) in [6, 6.07) is 13.0. The van der Waals surface area contributed by atoms with Crippen molar-refractivity contribution < 1.29 is 0 Å². The first-order chi connectivity index (χ1) is 8.15. The van der Waals surface area contributed by atoms with Crippen LogP contribution in [0.4, 0.5) is 11.4 Å². The molecule has 0 amide bonds. The van der Waals surface area contributed by atoms with Gasteiger partial charge >= 0.3 is 0 Å². The van der Waals surface area contributed by atoms with Crippen LogP contribution >= 0.6 is 23.2 Å². The van der Waals surface area contributed by atoms with Crippen LogP contribution in [-0.4, -0.2) is 0 Å². The van der Waals surface area contributed by atoms with Gasteiger partial charge in [-0.05, 0) is 48.0 Å². The van der Waals surface area contributed by atoms with Gasteiger partial charge in [-0.3, -0.25) is 0 Å². The number of nitrogens with one attached hydrogen (secondary N) is 1. The number of anilines is 2. The predicted molar refractivity (Wildman–Crippen MR) is 74.6 cm³/mol. The number of hydrogen-bond donors (Lipinski definition) is 2. The highest BCUT2D eigenvalue weighted by Crippen LogP contribution is 2.20. The molecule has 0 heterocycles. The molecule has 88 valence electrons. The summed E-state index contributed by atoms with van der Waals surface area (Å²) >= 11 is 11.7. The molecule has 2 aromatic rings. The highest BCUT2D eigenvalue weighted by Gasteiger charge is 2.00. The number of halogens is 2. The first-order valence-corrected chi connectivity index (χ1v) is 5.94. The Kier molecular flexibility index (Phi) is 3.77. The van der Waals surface area contributed by atoms with Crippen LogP contribution in [0, 0.1) is 0 Å². The molecule has 0 radical (unpaired) electrons. The molecule has 0 unspecified atom stereocenters. The monoisotopic (exact) mass is 266 g/mol. The van der Waals surface area contributed by atoms with Crippen molar-refractivity contribution >= 4 is 34.6 Å². The molecule has 0 fully saturated rings. The Morgan fingerprint density at radius 2 is 1.59 bits per heavy atom. The second-order valence-corrected chi connectivity index (χ2v) is 4.58. The lowest BCUT2D eigenvalue weighted by molar-refractivity contribution is 1.15. The molecular weight excluding hydrogens is 255 g/mol. The zero-order valence-corrected chi connectivity index (χ0v) is 10.6. The van der Waals surface area contributed by atoms with Crippen LogP contribution in [0.15, 0.2) is 42.5 Å². The van der Waals surface area contributed by atoms with E-state index in [1.54, 1.807) is 12.1 Å². The Hall–Kier alpha value is -1.38. The van der Waals surface area contributed by atoms with Crippen LogP contribution in [0.5, 0.6) is 0 Å². The third-order valence-electron chi connectivity index (χ3n) is 2.43. The van der Waals surface area contributed by atoms with Gasteiger partial charge in [0, 0.05) is 28.0 Å². The summed E-state index contributed by atoms with van der Waals surface area (Å²) in [6.07, 6.45) is 0. The summed E-state index contributed by atoms with van der Waals surface area (Å²) in [5.74, 6) is 0. The van der Waals surface area contributed by atoms with Crippen LogP contribution in [-0.2, 0) is 6.54 Å². The molecule has 3 N–H and O–H groups in total. The molecule has 0 spiro atoms. The molecule has 17 heavy (non-hydrogen) atoms. The maximum atomic E-state index is 5.92. The van der Waals surface area contributed by atoms with E-state index in [1.165, 1.54) is 0 Å². The first-order valence-electron chi connectivity index (χ1n) is 5.18. The average molecular weight is 267 g/mol. The number of hydrogen-bond acceptors (Lipinski definition) is 2. The van der Waals surface area contributed by atoms with E-state index in [4.69, 9.17) is 28.9 Å². The standard InChI is InChI=1S/C13H12Cl2N2/c14-10-1-4-12(5-2-10)17-8-9-7-11(15)3-6-13(9)16/h1-7,17H,8,16H2. The lowest BCUT2D eigenvalue weighted by Crippen LogP contribution is -2.02. The van der Waals surface area contributed by atoms with Gasteiger partial charge in [0.15, 0.2) is 0 Å². The Morgan fingerprint density at radius 3 is 2.29 bits per heavy atom. The van der Waals surface area contributed by atoms with E-state index in [0.29, 0.717) is 11.6 Å². The van der Waals surface area contributed by atoms with E-state index in [9.17, 15) is 0 Å². The number of nitrogens with two attached hydrogens (primary N) is 1. The lowest BCUT2D eigenvalue weighted by atomic mass is 10.2. The van der Waals surface area contributed by atoms with E-state index < -0.39 is 0 Å². The summed E-state index contributed by atoms with van der Waals surface area (Å²) < 4.78 is 0. The van der Waals surface area contributed by atoms with Crippen molar-refractivity contribution in [2.45, 2.75) is 6.54 Å². The average Bonchev–Trinajstić information content (AvgIpc) is 2.32. The highest BCUT2D eigenvalue weighted by molar-refractivity contribution is 6.31. The Bertz CT molecular complexity index is 509. The second kappa shape index (κ2) is 5.30. The minimum absolute atomic E-state index is 0.633. The number of nitrogen functional groups attached to an aromatic ring is 1. The van der Waals surface area contributed by atoms with Gasteiger partial charge in [0.25, 0.3) is 0 Å². The normalized spacial score (nSPS) is 10.2. The molecule has 0 saturated carbocycles. The Balaban J connectivity index is 2.07. The molecule has 0 saturated heterocycles. The van der Waals surface area contributed by atoms with Crippen molar-refractivity contribution in [2.24, 2.45) is 0 Å². The SMILES string of the molecule is Nc1ccc(Cl)cc1CNc1ccc(Cl)cc1. The molecule has 0 aliphatic rings. The maximum absolute atomic E-state index is 5.92. The third-order valence-corrected chi connectivity index (χ3v) is 2.92. The van der Waals surface area contributed by atoms with Gasteiger partial charge in [0.05, 0.1) is 0 Å². The molecule has 0 atom stereocenters. The minimum atomic E-state index is 0.633. The molecule has 0 aliphatic heterocycles. The summed E-state index contributed by atoms with van der Waals surface area (Å²) in [5.41, 5.74) is 8.56. The van der Waals surface area contributed by atoms with Gasteiger partial charge in [-0.25, -0.2) is 0 Å². The van der Waals surface area contributed by atoms with Gasteiger partial charge in [-0.1, -0.05) is 23.2 Å². The van der Waals surface area contributed by atoms with E-state index in [0.717, 1.165) is 22.0 Å². The number of benzene rings is 2. The molecule has 2 nitrogen and oxygen atoms in total. The topological polar surface area (TPSA) is 38.0 Å². The summed E-state index contributed by atoms with van der Waals surface area (Å²) in [5, 5.41) is 4.67. The van der Waals surface area contributed by atoms with Crippen molar-refractivity contribution in [3.63, 3.8) is 0 Å². The predicted octanol–water partition coefficient (Wildman–Crippen LogP) is 4.19. The molecular formula is C13H12Cl2N2. The van der Waals surface area contributed by atoms with Gasteiger partial charge in [0.2, 0.25) is 0 Å². The molecule has 0 aliphatic carbocycles. The van der Waals surface area contributed by atoms with Gasteiger partial charge in [-0.15, -0.1) is 0 Å². The second-order valence-electron chi connectivity index (χ2n) is 3.70. The van der Waals surface area contributed by atoms with Crippen molar-refractivity contribution in [1.29, 1.82) is 0 Å². The summed E-state index contributed by atoms with van der Waals surface area (Å²) in [6.45, 7) is 0.633. The van der Waals surface area contributed by atoms with Gasteiger partial charge < -0.3 is 11.1 Å². The van der Waals surface area contributed by atoms with Crippen molar-refractivity contribution in [3.8, 4) is 0 Å². The fourth-order valence-electron chi connectivity index (χ4n) is 1.49. The van der Waals surface area contributed by atoms with Crippen LogP contribution < -0.4 is 11.1 Å². The van der Waals surface area contributed by atoms with Gasteiger partial charge in [-0.2, -0.15) is 0 Å². The zero-order chi connectivity index (χ0) is 12.3. The molecule has 2 aromatic carbocycles. The Labute approximate surface area is 110 Å². The van der Waals surface area contributed by atoms with E-state index in [2.05, 4.69) is 5.32 Å². The van der Waals surface area contributed by atoms with E-state index in [1.807, 2.05) is 30.3 Å². The van der Waals surface area contributed by atoms with Crippen LogP contribution in [0.25, 0.3) is 0 Å². The Morgan fingerprint density at radius 1 is 0.941 bits per heavy atom.